The number of rotatable bonds is 5. The molecule has 6 heteroatoms. The average molecular weight is 389 g/mol. The van der Waals surface area contributed by atoms with Gasteiger partial charge in [-0.2, -0.15) is 0 Å². The molecular weight excluding hydrogens is 364 g/mol. The second-order valence-electron chi connectivity index (χ2n) is 7.31. The molecule has 1 saturated heterocycles. The molecule has 1 atom stereocenters. The minimum Gasteiger partial charge on any atom is -1.00 e. The van der Waals surface area contributed by atoms with E-state index in [2.05, 4.69) is 24.1 Å². The van der Waals surface area contributed by atoms with Crippen LogP contribution < -0.4 is 34.9 Å². The molecule has 0 spiro atoms. The summed E-state index contributed by atoms with van der Waals surface area (Å²) in [6, 6.07) is 12.8. The second kappa shape index (κ2) is 9.31. The third-order valence-corrected chi connectivity index (χ3v) is 5.00. The van der Waals surface area contributed by atoms with E-state index in [1.165, 1.54) is 6.07 Å². The molecule has 0 saturated carbocycles. The Kier molecular flexibility index (Phi) is 7.05. The van der Waals surface area contributed by atoms with Crippen LogP contribution in [0.15, 0.2) is 42.5 Å². The zero-order chi connectivity index (χ0) is 18.8. The van der Waals surface area contributed by atoms with Crippen molar-refractivity contribution in [2.75, 3.05) is 18.5 Å². The second-order valence-corrected chi connectivity index (χ2v) is 7.31. The zero-order valence-corrected chi connectivity index (χ0v) is 18.7. The van der Waals surface area contributed by atoms with Crippen LogP contribution >= 0.6 is 0 Å². The van der Waals surface area contributed by atoms with Crippen molar-refractivity contribution in [3.63, 3.8) is 0 Å². The fourth-order valence-corrected chi connectivity index (χ4v) is 3.47. The van der Waals surface area contributed by atoms with Gasteiger partial charge in [-0.3, -0.25) is 0 Å². The number of benzene rings is 2. The van der Waals surface area contributed by atoms with Gasteiger partial charge in [0.2, 0.25) is 5.95 Å². The molecule has 0 aliphatic carbocycles. The van der Waals surface area contributed by atoms with Crippen molar-refractivity contribution < 1.29 is 40.1 Å². The van der Waals surface area contributed by atoms with Crippen LogP contribution in [-0.4, -0.2) is 29.2 Å². The molecule has 2 heterocycles. The first-order valence-electron chi connectivity index (χ1n) is 9.54. The molecule has 142 valence electrons. The standard InChI is InChI=1S/C22H24FN3O.Na.H/c1-14(2)20-12-21(26-22(25-20)24-13-15-6-5-11-27-15)18-9-10-19(23)17-8-4-3-7-16(17)18;;/h3-4,7-10,12,14-15H,5-6,11,13H2,1-2H3,(H,24,25,26);;/q;+1;-1. The van der Waals surface area contributed by atoms with E-state index < -0.39 is 0 Å². The van der Waals surface area contributed by atoms with E-state index in [-0.39, 0.29) is 48.8 Å². The smallest absolute Gasteiger partial charge is 1.00 e. The topological polar surface area (TPSA) is 47.0 Å². The van der Waals surface area contributed by atoms with Crippen LogP contribution in [0.1, 0.15) is 39.7 Å². The maximum atomic E-state index is 14.2. The van der Waals surface area contributed by atoms with Crippen molar-refractivity contribution in [2.45, 2.75) is 38.7 Å². The van der Waals surface area contributed by atoms with Crippen LogP contribution in [0.3, 0.4) is 0 Å². The summed E-state index contributed by atoms with van der Waals surface area (Å²) in [5.74, 6) is 0.645. The van der Waals surface area contributed by atoms with Gasteiger partial charge < -0.3 is 11.5 Å². The Morgan fingerprint density at radius 1 is 1.18 bits per heavy atom. The number of ether oxygens (including phenoxy) is 1. The van der Waals surface area contributed by atoms with Crippen LogP contribution in [0.5, 0.6) is 0 Å². The number of aromatic nitrogens is 2. The van der Waals surface area contributed by atoms with Gasteiger partial charge in [-0.15, -0.1) is 0 Å². The summed E-state index contributed by atoms with van der Waals surface area (Å²) in [5, 5.41) is 4.79. The van der Waals surface area contributed by atoms with E-state index in [4.69, 9.17) is 9.72 Å². The number of hydrogen-bond acceptors (Lipinski definition) is 4. The van der Waals surface area contributed by atoms with Crippen LogP contribution in [0.25, 0.3) is 22.0 Å². The van der Waals surface area contributed by atoms with Crippen molar-refractivity contribution in [1.29, 1.82) is 0 Å². The molecule has 1 fully saturated rings. The van der Waals surface area contributed by atoms with Gasteiger partial charge in [-0.05, 0) is 42.3 Å². The molecule has 3 aromatic rings. The molecule has 4 rings (SSSR count). The van der Waals surface area contributed by atoms with Gasteiger partial charge in [0, 0.05) is 29.8 Å². The summed E-state index contributed by atoms with van der Waals surface area (Å²) in [7, 11) is 0. The normalized spacial score (nSPS) is 16.4. The third kappa shape index (κ3) is 4.54. The number of fused-ring (bicyclic) bond motifs is 1. The predicted molar refractivity (Wildman–Crippen MR) is 108 cm³/mol. The van der Waals surface area contributed by atoms with Gasteiger partial charge in [-0.25, -0.2) is 14.4 Å². The van der Waals surface area contributed by atoms with E-state index in [1.807, 2.05) is 24.3 Å². The molecule has 1 aliphatic rings. The maximum absolute atomic E-state index is 14.2. The average Bonchev–Trinajstić information content (AvgIpc) is 3.20. The number of nitrogens with one attached hydrogen (secondary N) is 1. The van der Waals surface area contributed by atoms with Crippen molar-refractivity contribution in [3.05, 3.63) is 54.0 Å². The molecule has 1 N–H and O–H groups in total. The van der Waals surface area contributed by atoms with Gasteiger partial charge in [-0.1, -0.05) is 38.1 Å². The Hall–Kier alpha value is -1.53. The summed E-state index contributed by atoms with van der Waals surface area (Å²) in [6.07, 6.45) is 2.38. The molecule has 1 aromatic heterocycles. The number of anilines is 1. The Morgan fingerprint density at radius 2 is 1.96 bits per heavy atom. The van der Waals surface area contributed by atoms with E-state index >= 15 is 0 Å². The largest absolute Gasteiger partial charge is 1.00 e. The van der Waals surface area contributed by atoms with Crippen molar-refractivity contribution in [3.8, 4) is 11.3 Å². The van der Waals surface area contributed by atoms with E-state index in [9.17, 15) is 4.39 Å². The molecule has 2 aromatic carbocycles. The van der Waals surface area contributed by atoms with Crippen LogP contribution in [0, 0.1) is 5.82 Å². The van der Waals surface area contributed by atoms with Crippen LogP contribution in [0.4, 0.5) is 10.3 Å². The Morgan fingerprint density at radius 3 is 2.68 bits per heavy atom. The summed E-state index contributed by atoms with van der Waals surface area (Å²) in [5.41, 5.74) is 2.68. The van der Waals surface area contributed by atoms with E-state index in [0.29, 0.717) is 17.9 Å². The first kappa shape index (κ1) is 21.2. The molecule has 4 nitrogen and oxygen atoms in total. The molecule has 0 radical (unpaired) electrons. The van der Waals surface area contributed by atoms with Gasteiger partial charge in [0.15, 0.2) is 0 Å². The summed E-state index contributed by atoms with van der Waals surface area (Å²) < 4.78 is 19.9. The van der Waals surface area contributed by atoms with Crippen molar-refractivity contribution in [1.82, 2.24) is 9.97 Å². The van der Waals surface area contributed by atoms with Crippen molar-refractivity contribution in [2.24, 2.45) is 0 Å². The van der Waals surface area contributed by atoms with Gasteiger partial charge in [0.05, 0.1) is 11.8 Å². The summed E-state index contributed by atoms with van der Waals surface area (Å²) in [4.78, 5) is 9.39. The maximum Gasteiger partial charge on any atom is 1.00 e. The number of halogens is 1. The van der Waals surface area contributed by atoms with Crippen LogP contribution in [0.2, 0.25) is 0 Å². The Balaban J connectivity index is 0.00000150. The monoisotopic (exact) mass is 389 g/mol. The van der Waals surface area contributed by atoms with Gasteiger partial charge in [0.25, 0.3) is 0 Å². The number of hydrogen-bond donors (Lipinski definition) is 1. The minimum absolute atomic E-state index is 0. The summed E-state index contributed by atoms with van der Waals surface area (Å²) in [6.45, 7) is 5.74. The molecule has 1 aliphatic heterocycles. The minimum atomic E-state index is -0.218. The van der Waals surface area contributed by atoms with Crippen molar-refractivity contribution >= 4 is 16.7 Å². The molecular formula is C22H25FN3NaO. The van der Waals surface area contributed by atoms with Gasteiger partial charge >= 0.3 is 29.6 Å². The van der Waals surface area contributed by atoms with E-state index in [0.717, 1.165) is 41.8 Å². The summed E-state index contributed by atoms with van der Waals surface area (Å²) >= 11 is 0. The predicted octanol–water partition coefficient (Wildman–Crippen LogP) is 2.27. The number of nitrogens with zero attached hydrogens (tertiary/aromatic N) is 2. The molecule has 28 heavy (non-hydrogen) atoms. The molecule has 0 bridgehead atoms. The molecule has 0 amide bonds. The van der Waals surface area contributed by atoms with E-state index in [1.54, 1.807) is 12.1 Å². The zero-order valence-electron chi connectivity index (χ0n) is 17.7. The first-order valence-corrected chi connectivity index (χ1v) is 9.54. The SMILES string of the molecule is CC(C)c1cc(-c2ccc(F)c3ccccc23)nc(NCC2CCCO2)n1.[H-].[Na+]. The van der Waals surface area contributed by atoms with Crippen LogP contribution in [-0.2, 0) is 4.74 Å². The van der Waals surface area contributed by atoms with Gasteiger partial charge in [0.1, 0.15) is 5.82 Å². The molecule has 1 unspecified atom stereocenters. The first-order chi connectivity index (χ1) is 13.1. The fraction of sp³-hybridized carbons (Fsp3) is 0.364. The third-order valence-electron chi connectivity index (χ3n) is 5.00. The fourth-order valence-electron chi connectivity index (χ4n) is 3.47. The quantitative estimate of drug-likeness (QED) is 0.680. The Bertz CT molecular complexity index is 964. The Labute approximate surface area is 188 Å².